The minimum atomic E-state index is 0.130. The molecule has 158 valence electrons. The van der Waals surface area contributed by atoms with Crippen molar-refractivity contribution in [3.05, 3.63) is 0 Å². The van der Waals surface area contributed by atoms with Crippen molar-refractivity contribution in [1.29, 1.82) is 0 Å². The average molecular weight is 379 g/mol. The summed E-state index contributed by atoms with van der Waals surface area (Å²) in [7, 11) is 0. The largest absolute Gasteiger partial charge is 0.462 e. The lowest BCUT2D eigenvalue weighted by Gasteiger charge is -2.31. The Morgan fingerprint density at radius 3 is 1.74 bits per heavy atom. The zero-order valence-corrected chi connectivity index (χ0v) is 18.4. The molecule has 0 bridgehead atoms. The van der Waals surface area contributed by atoms with Crippen molar-refractivity contribution >= 4 is 5.97 Å². The van der Waals surface area contributed by atoms with Crippen molar-refractivity contribution in [2.75, 3.05) is 0 Å². The number of rotatable bonds is 12. The van der Waals surface area contributed by atoms with Crippen molar-refractivity contribution in [3.8, 4) is 0 Å². The van der Waals surface area contributed by atoms with Crippen LogP contribution in [-0.2, 0) is 9.53 Å². The van der Waals surface area contributed by atoms with Crippen molar-refractivity contribution in [2.24, 2.45) is 17.8 Å². The molecular weight excluding hydrogens is 332 g/mol. The fourth-order valence-electron chi connectivity index (χ4n) is 5.21. The van der Waals surface area contributed by atoms with Gasteiger partial charge >= 0.3 is 5.97 Å². The molecule has 2 aliphatic rings. The van der Waals surface area contributed by atoms with E-state index in [0.717, 1.165) is 37.5 Å². The minimum Gasteiger partial charge on any atom is -0.462 e. The first-order valence-corrected chi connectivity index (χ1v) is 12.4. The Kier molecular flexibility index (Phi) is 11.5. The SMILES string of the molecule is CCCCCCCC1CCC(C(=O)OC2CCC(CCCCC)CC2)CC1. The Hall–Kier alpha value is -0.530. The Bertz CT molecular complexity index is 376. The molecule has 0 aromatic carbocycles. The highest BCUT2D eigenvalue weighted by molar-refractivity contribution is 5.72. The van der Waals surface area contributed by atoms with Crippen LogP contribution in [0.2, 0.25) is 0 Å². The van der Waals surface area contributed by atoms with Gasteiger partial charge in [0.25, 0.3) is 0 Å². The van der Waals surface area contributed by atoms with Gasteiger partial charge in [-0.3, -0.25) is 4.79 Å². The van der Waals surface area contributed by atoms with E-state index in [2.05, 4.69) is 13.8 Å². The van der Waals surface area contributed by atoms with Crippen LogP contribution in [0.25, 0.3) is 0 Å². The summed E-state index contributed by atoms with van der Waals surface area (Å²) in [6.45, 7) is 4.55. The lowest BCUT2D eigenvalue weighted by atomic mass is 9.79. The second-order valence-electron chi connectivity index (χ2n) is 9.50. The number of hydrogen-bond donors (Lipinski definition) is 0. The molecule has 2 aliphatic carbocycles. The van der Waals surface area contributed by atoms with E-state index in [1.807, 2.05) is 0 Å². The molecule has 0 unspecified atom stereocenters. The van der Waals surface area contributed by atoms with Gasteiger partial charge in [-0.25, -0.2) is 0 Å². The zero-order chi connectivity index (χ0) is 19.3. The molecule has 0 radical (unpaired) electrons. The highest BCUT2D eigenvalue weighted by Gasteiger charge is 2.30. The lowest BCUT2D eigenvalue weighted by Crippen LogP contribution is -2.30. The summed E-state index contributed by atoms with van der Waals surface area (Å²) in [5.41, 5.74) is 0. The third-order valence-corrected chi connectivity index (χ3v) is 7.19. The molecule has 0 spiro atoms. The van der Waals surface area contributed by atoms with Crippen LogP contribution in [0.15, 0.2) is 0 Å². The number of hydrogen-bond acceptors (Lipinski definition) is 2. The number of ether oxygens (including phenoxy) is 1. The first kappa shape index (κ1) is 22.8. The molecule has 0 N–H and O–H groups in total. The predicted molar refractivity (Wildman–Crippen MR) is 115 cm³/mol. The van der Waals surface area contributed by atoms with Gasteiger partial charge < -0.3 is 4.74 Å². The lowest BCUT2D eigenvalue weighted by molar-refractivity contribution is -0.157. The molecule has 2 nitrogen and oxygen atoms in total. The number of unbranched alkanes of at least 4 members (excludes halogenated alkanes) is 6. The first-order chi connectivity index (χ1) is 13.2. The molecule has 0 aliphatic heterocycles. The monoisotopic (exact) mass is 378 g/mol. The smallest absolute Gasteiger partial charge is 0.309 e. The quantitative estimate of drug-likeness (QED) is 0.255. The van der Waals surface area contributed by atoms with E-state index in [4.69, 9.17) is 4.74 Å². The van der Waals surface area contributed by atoms with Crippen LogP contribution in [0.1, 0.15) is 129 Å². The molecule has 27 heavy (non-hydrogen) atoms. The van der Waals surface area contributed by atoms with Crippen LogP contribution >= 0.6 is 0 Å². The highest BCUT2D eigenvalue weighted by Crippen LogP contribution is 2.35. The van der Waals surface area contributed by atoms with Gasteiger partial charge in [-0.1, -0.05) is 78.1 Å². The molecular formula is C25H46O2. The highest BCUT2D eigenvalue weighted by atomic mass is 16.5. The summed E-state index contributed by atoms with van der Waals surface area (Å²) in [4.78, 5) is 12.6. The summed E-state index contributed by atoms with van der Waals surface area (Å²) in [6.07, 6.45) is 23.4. The summed E-state index contributed by atoms with van der Waals surface area (Å²) in [5.74, 6) is 2.09. The van der Waals surface area contributed by atoms with Gasteiger partial charge in [-0.2, -0.15) is 0 Å². The average Bonchev–Trinajstić information content (AvgIpc) is 2.70. The van der Waals surface area contributed by atoms with E-state index in [1.165, 1.54) is 89.9 Å². The van der Waals surface area contributed by atoms with E-state index in [0.29, 0.717) is 0 Å². The van der Waals surface area contributed by atoms with Gasteiger partial charge in [0, 0.05) is 0 Å². The summed E-state index contributed by atoms with van der Waals surface area (Å²) in [6, 6.07) is 0. The van der Waals surface area contributed by atoms with E-state index in [-0.39, 0.29) is 18.0 Å². The maximum atomic E-state index is 12.6. The van der Waals surface area contributed by atoms with Gasteiger partial charge in [0.2, 0.25) is 0 Å². The summed E-state index contributed by atoms with van der Waals surface area (Å²) >= 11 is 0. The molecule has 0 aromatic heterocycles. The first-order valence-electron chi connectivity index (χ1n) is 12.4. The van der Waals surface area contributed by atoms with Crippen LogP contribution in [-0.4, -0.2) is 12.1 Å². The predicted octanol–water partition coefficient (Wildman–Crippen LogP) is 7.84. The van der Waals surface area contributed by atoms with Gasteiger partial charge in [-0.05, 0) is 63.2 Å². The van der Waals surface area contributed by atoms with Crippen molar-refractivity contribution in [1.82, 2.24) is 0 Å². The zero-order valence-electron chi connectivity index (χ0n) is 18.4. The van der Waals surface area contributed by atoms with E-state index < -0.39 is 0 Å². The second kappa shape index (κ2) is 13.6. The van der Waals surface area contributed by atoms with E-state index in [9.17, 15) is 4.79 Å². The third-order valence-electron chi connectivity index (χ3n) is 7.19. The normalized spacial score (nSPS) is 28.8. The van der Waals surface area contributed by atoms with Crippen molar-refractivity contribution < 1.29 is 9.53 Å². The Labute approximate surface area is 169 Å². The maximum absolute atomic E-state index is 12.6. The number of carbonyl (C=O) groups excluding carboxylic acids is 1. The van der Waals surface area contributed by atoms with Crippen LogP contribution < -0.4 is 0 Å². The van der Waals surface area contributed by atoms with Gasteiger partial charge in [0.15, 0.2) is 0 Å². The summed E-state index contributed by atoms with van der Waals surface area (Å²) < 4.78 is 5.93. The molecule has 2 rings (SSSR count). The number of esters is 1. The Morgan fingerprint density at radius 1 is 0.667 bits per heavy atom. The fourth-order valence-corrected chi connectivity index (χ4v) is 5.21. The molecule has 2 heteroatoms. The topological polar surface area (TPSA) is 26.3 Å². The molecule has 0 aromatic rings. The summed E-state index contributed by atoms with van der Waals surface area (Å²) in [5, 5.41) is 0. The Balaban J connectivity index is 1.54. The second-order valence-corrected chi connectivity index (χ2v) is 9.50. The standard InChI is InChI=1S/C25H46O2/c1-3-5-7-8-10-12-21-13-17-23(18-14-21)25(26)27-24-19-15-22(16-20-24)11-9-6-4-2/h21-24H,3-20H2,1-2H3. The van der Waals surface area contributed by atoms with Gasteiger partial charge in [0.05, 0.1) is 5.92 Å². The molecule has 2 fully saturated rings. The number of carbonyl (C=O) groups is 1. The van der Waals surface area contributed by atoms with Gasteiger partial charge in [0.1, 0.15) is 6.10 Å². The minimum absolute atomic E-state index is 0.130. The van der Waals surface area contributed by atoms with E-state index in [1.54, 1.807) is 0 Å². The molecule has 0 heterocycles. The molecule has 2 saturated carbocycles. The maximum Gasteiger partial charge on any atom is 0.309 e. The fraction of sp³-hybridized carbons (Fsp3) is 0.960. The van der Waals surface area contributed by atoms with Crippen LogP contribution in [0.3, 0.4) is 0 Å². The van der Waals surface area contributed by atoms with Crippen molar-refractivity contribution in [3.63, 3.8) is 0 Å². The van der Waals surface area contributed by atoms with Crippen LogP contribution in [0.5, 0.6) is 0 Å². The molecule has 0 atom stereocenters. The van der Waals surface area contributed by atoms with Crippen LogP contribution in [0.4, 0.5) is 0 Å². The molecule has 0 saturated heterocycles. The van der Waals surface area contributed by atoms with Crippen molar-refractivity contribution in [2.45, 2.75) is 136 Å². The third kappa shape index (κ3) is 9.01. The van der Waals surface area contributed by atoms with Crippen LogP contribution in [0, 0.1) is 17.8 Å². The molecule has 0 amide bonds. The van der Waals surface area contributed by atoms with Gasteiger partial charge in [-0.15, -0.1) is 0 Å². The Morgan fingerprint density at radius 2 is 1.15 bits per heavy atom. The van der Waals surface area contributed by atoms with E-state index >= 15 is 0 Å².